The highest BCUT2D eigenvalue weighted by molar-refractivity contribution is 7.17. The van der Waals surface area contributed by atoms with Gasteiger partial charge in [-0.2, -0.15) is 13.2 Å². The number of carboxylic acid groups (broad SMARTS) is 1. The van der Waals surface area contributed by atoms with E-state index in [0.29, 0.717) is 5.13 Å². The van der Waals surface area contributed by atoms with Gasteiger partial charge in [-0.05, 0) is 0 Å². The predicted molar refractivity (Wildman–Crippen MR) is 68.3 cm³/mol. The Labute approximate surface area is 119 Å². The second kappa shape index (κ2) is 5.37. The van der Waals surface area contributed by atoms with E-state index in [9.17, 15) is 18.0 Å². The van der Waals surface area contributed by atoms with E-state index in [1.165, 1.54) is 6.20 Å². The molecule has 0 radical (unpaired) electrons. The smallest absolute Gasteiger partial charge is 0.434 e. The van der Waals surface area contributed by atoms with Crippen LogP contribution >= 0.6 is 22.7 Å². The summed E-state index contributed by atoms with van der Waals surface area (Å²) < 4.78 is 37.2. The first-order chi connectivity index (χ1) is 9.27. The van der Waals surface area contributed by atoms with Crippen molar-refractivity contribution < 1.29 is 23.1 Å². The van der Waals surface area contributed by atoms with E-state index >= 15 is 0 Å². The van der Waals surface area contributed by atoms with Gasteiger partial charge >= 0.3 is 12.1 Å². The van der Waals surface area contributed by atoms with Gasteiger partial charge in [0.05, 0.1) is 12.7 Å². The number of nitrogens with zero attached hydrogens (tertiary/aromatic N) is 3. The SMILES string of the molecule is CN(Cc1nc(C(F)(F)F)cs1)c1ncc(C(=O)O)s1. The van der Waals surface area contributed by atoms with Gasteiger partial charge in [-0.1, -0.05) is 11.3 Å². The zero-order chi connectivity index (χ0) is 14.9. The van der Waals surface area contributed by atoms with Crippen LogP contribution in [-0.4, -0.2) is 28.1 Å². The maximum atomic E-state index is 12.4. The van der Waals surface area contributed by atoms with Gasteiger partial charge in [-0.15, -0.1) is 11.3 Å². The lowest BCUT2D eigenvalue weighted by Crippen LogP contribution is -2.16. The summed E-state index contributed by atoms with van der Waals surface area (Å²) in [6.45, 7) is 0.132. The Morgan fingerprint density at radius 1 is 1.50 bits per heavy atom. The highest BCUT2D eigenvalue weighted by Crippen LogP contribution is 2.31. The molecule has 0 atom stereocenters. The molecule has 108 valence electrons. The molecule has 2 aromatic heterocycles. The first kappa shape index (κ1) is 14.7. The van der Waals surface area contributed by atoms with Crippen molar-refractivity contribution in [3.05, 3.63) is 27.2 Å². The highest BCUT2D eigenvalue weighted by Gasteiger charge is 2.33. The Balaban J connectivity index is 2.09. The number of hydrogen-bond donors (Lipinski definition) is 1. The molecule has 0 aliphatic carbocycles. The molecule has 0 unspecified atom stereocenters. The van der Waals surface area contributed by atoms with Crippen molar-refractivity contribution in [3.8, 4) is 0 Å². The van der Waals surface area contributed by atoms with Crippen molar-refractivity contribution in [1.82, 2.24) is 9.97 Å². The van der Waals surface area contributed by atoms with E-state index in [2.05, 4.69) is 9.97 Å². The zero-order valence-corrected chi connectivity index (χ0v) is 11.6. The average Bonchev–Trinajstić information content (AvgIpc) is 2.95. The summed E-state index contributed by atoms with van der Waals surface area (Å²) in [5.41, 5.74) is -0.920. The van der Waals surface area contributed by atoms with Crippen molar-refractivity contribution in [3.63, 3.8) is 0 Å². The third kappa shape index (κ3) is 3.25. The molecule has 1 N–H and O–H groups in total. The van der Waals surface area contributed by atoms with Crippen LogP contribution in [0.2, 0.25) is 0 Å². The van der Waals surface area contributed by atoms with E-state index in [1.54, 1.807) is 11.9 Å². The molecule has 2 aromatic rings. The van der Waals surface area contributed by atoms with E-state index in [1.807, 2.05) is 0 Å². The molecular weight excluding hydrogens is 315 g/mol. The summed E-state index contributed by atoms with van der Waals surface area (Å²) in [6, 6.07) is 0. The number of aromatic carboxylic acids is 1. The van der Waals surface area contributed by atoms with Crippen molar-refractivity contribution in [1.29, 1.82) is 0 Å². The van der Waals surface area contributed by atoms with Crippen LogP contribution in [0.3, 0.4) is 0 Å². The Kier molecular flexibility index (Phi) is 3.95. The highest BCUT2D eigenvalue weighted by atomic mass is 32.1. The molecule has 0 aliphatic rings. The summed E-state index contributed by atoms with van der Waals surface area (Å²) in [6.07, 6.45) is -3.24. The second-order valence-corrected chi connectivity index (χ2v) is 5.74. The molecule has 0 saturated heterocycles. The maximum absolute atomic E-state index is 12.4. The van der Waals surface area contributed by atoms with Crippen LogP contribution in [0.5, 0.6) is 0 Å². The van der Waals surface area contributed by atoms with Gasteiger partial charge in [-0.3, -0.25) is 0 Å². The summed E-state index contributed by atoms with van der Waals surface area (Å²) >= 11 is 1.85. The standard InChI is InChI=1S/C10H8F3N3O2S2/c1-16(9-14-2-5(20-9)8(17)18)3-7-15-6(4-19-7)10(11,12)13/h2,4H,3H2,1H3,(H,17,18). The number of thiazole rings is 2. The van der Waals surface area contributed by atoms with E-state index in [-0.39, 0.29) is 16.4 Å². The van der Waals surface area contributed by atoms with Gasteiger partial charge in [0, 0.05) is 12.4 Å². The van der Waals surface area contributed by atoms with Crippen LogP contribution in [-0.2, 0) is 12.7 Å². The molecule has 2 heterocycles. The number of rotatable bonds is 4. The molecule has 0 amide bonds. The van der Waals surface area contributed by atoms with Gasteiger partial charge in [0.1, 0.15) is 9.88 Å². The van der Waals surface area contributed by atoms with Crippen LogP contribution in [0.1, 0.15) is 20.4 Å². The van der Waals surface area contributed by atoms with Gasteiger partial charge in [-0.25, -0.2) is 14.8 Å². The summed E-state index contributed by atoms with van der Waals surface area (Å²) in [5.74, 6) is -1.09. The van der Waals surface area contributed by atoms with Gasteiger partial charge < -0.3 is 10.0 Å². The number of aromatic nitrogens is 2. The second-order valence-electron chi connectivity index (χ2n) is 3.79. The van der Waals surface area contributed by atoms with Crippen LogP contribution in [0.25, 0.3) is 0 Å². The number of halogens is 3. The third-order valence-corrected chi connectivity index (χ3v) is 4.18. The normalized spacial score (nSPS) is 11.6. The minimum atomic E-state index is -4.45. The Bertz CT molecular complexity index is 623. The lowest BCUT2D eigenvalue weighted by Gasteiger charge is -2.13. The molecule has 0 fully saturated rings. The Morgan fingerprint density at radius 3 is 2.70 bits per heavy atom. The molecule has 20 heavy (non-hydrogen) atoms. The number of hydrogen-bond acceptors (Lipinski definition) is 6. The third-order valence-electron chi connectivity index (χ3n) is 2.25. The summed E-state index contributed by atoms with van der Waals surface area (Å²) in [4.78, 5) is 19.8. The fourth-order valence-corrected chi connectivity index (χ4v) is 2.89. The van der Waals surface area contributed by atoms with Crippen molar-refractivity contribution in [2.24, 2.45) is 0 Å². The molecule has 2 rings (SSSR count). The lowest BCUT2D eigenvalue weighted by atomic mass is 10.5. The lowest BCUT2D eigenvalue weighted by molar-refractivity contribution is -0.140. The maximum Gasteiger partial charge on any atom is 0.434 e. The van der Waals surface area contributed by atoms with Crippen molar-refractivity contribution in [2.45, 2.75) is 12.7 Å². The minimum absolute atomic E-state index is 0.0713. The van der Waals surface area contributed by atoms with Crippen molar-refractivity contribution in [2.75, 3.05) is 11.9 Å². The number of carbonyl (C=O) groups is 1. The predicted octanol–water partition coefficient (Wildman–Crippen LogP) is 2.95. The molecule has 5 nitrogen and oxygen atoms in total. The zero-order valence-electron chi connectivity index (χ0n) is 10.0. The Morgan fingerprint density at radius 2 is 2.20 bits per heavy atom. The first-order valence-electron chi connectivity index (χ1n) is 5.19. The largest absolute Gasteiger partial charge is 0.477 e. The fourth-order valence-electron chi connectivity index (χ4n) is 1.32. The number of anilines is 1. The molecule has 0 aliphatic heterocycles. The summed E-state index contributed by atoms with van der Waals surface area (Å²) in [5, 5.41) is 10.4. The summed E-state index contributed by atoms with van der Waals surface area (Å²) in [7, 11) is 1.61. The molecule has 0 bridgehead atoms. The van der Waals surface area contributed by atoms with Crippen LogP contribution in [0.15, 0.2) is 11.6 Å². The van der Waals surface area contributed by atoms with Crippen LogP contribution < -0.4 is 4.90 Å². The van der Waals surface area contributed by atoms with Gasteiger partial charge in [0.2, 0.25) is 0 Å². The number of carboxylic acids is 1. The molecular formula is C10H8F3N3O2S2. The van der Waals surface area contributed by atoms with Crippen LogP contribution in [0, 0.1) is 0 Å². The molecule has 0 spiro atoms. The average molecular weight is 323 g/mol. The van der Waals surface area contributed by atoms with E-state index in [4.69, 9.17) is 5.11 Å². The minimum Gasteiger partial charge on any atom is -0.477 e. The van der Waals surface area contributed by atoms with Crippen LogP contribution in [0.4, 0.5) is 18.3 Å². The monoisotopic (exact) mass is 323 g/mol. The number of alkyl halides is 3. The topological polar surface area (TPSA) is 66.3 Å². The fraction of sp³-hybridized carbons (Fsp3) is 0.300. The Hall–Kier alpha value is -1.68. The molecule has 0 saturated carbocycles. The molecule has 0 aromatic carbocycles. The van der Waals surface area contributed by atoms with Crippen molar-refractivity contribution >= 4 is 33.8 Å². The van der Waals surface area contributed by atoms with Gasteiger partial charge in [0.25, 0.3) is 0 Å². The molecule has 10 heteroatoms. The first-order valence-corrected chi connectivity index (χ1v) is 6.89. The quantitative estimate of drug-likeness (QED) is 0.937. The van der Waals surface area contributed by atoms with E-state index in [0.717, 1.165) is 28.1 Å². The van der Waals surface area contributed by atoms with E-state index < -0.39 is 17.8 Å². The van der Waals surface area contributed by atoms with Gasteiger partial charge in [0.15, 0.2) is 10.8 Å².